The minimum absolute atomic E-state index is 0.180. The molecule has 5 heteroatoms. The molecule has 3 aromatic rings. The second-order valence-corrected chi connectivity index (χ2v) is 7.24. The molecule has 0 N–H and O–H groups in total. The SMILES string of the molecule is C=C(Cc1nc(Cc2ccc3ccccc3c2)no1)C(=O)OC(C)(C)C. The third-order valence-corrected chi connectivity index (χ3v) is 3.74. The van der Waals surface area contributed by atoms with E-state index in [1.54, 1.807) is 0 Å². The maximum absolute atomic E-state index is 12.0. The Morgan fingerprint density at radius 3 is 2.62 bits per heavy atom. The van der Waals surface area contributed by atoms with Crippen LogP contribution in [0.2, 0.25) is 0 Å². The van der Waals surface area contributed by atoms with Crippen LogP contribution < -0.4 is 0 Å². The zero-order chi connectivity index (χ0) is 18.7. The number of nitrogens with zero attached hydrogens (tertiary/aromatic N) is 2. The van der Waals surface area contributed by atoms with E-state index in [9.17, 15) is 4.79 Å². The van der Waals surface area contributed by atoms with Gasteiger partial charge in [-0.2, -0.15) is 4.98 Å². The van der Waals surface area contributed by atoms with Crippen LogP contribution in [0.1, 0.15) is 38.0 Å². The number of esters is 1. The molecule has 0 atom stereocenters. The van der Waals surface area contributed by atoms with Crippen molar-refractivity contribution in [3.63, 3.8) is 0 Å². The Balaban J connectivity index is 1.65. The van der Waals surface area contributed by atoms with E-state index in [1.807, 2.05) is 32.9 Å². The smallest absolute Gasteiger partial charge is 0.334 e. The van der Waals surface area contributed by atoms with Crippen LogP contribution in [0.25, 0.3) is 10.8 Å². The van der Waals surface area contributed by atoms with Gasteiger partial charge in [-0.1, -0.05) is 54.2 Å². The molecule has 0 saturated carbocycles. The van der Waals surface area contributed by atoms with Gasteiger partial charge in [0.15, 0.2) is 5.82 Å². The first-order valence-electron chi connectivity index (χ1n) is 8.50. The number of benzene rings is 2. The summed E-state index contributed by atoms with van der Waals surface area (Å²) in [7, 11) is 0. The highest BCUT2D eigenvalue weighted by molar-refractivity contribution is 5.88. The number of carbonyl (C=O) groups is 1. The number of fused-ring (bicyclic) bond motifs is 1. The number of hydrogen-bond acceptors (Lipinski definition) is 5. The summed E-state index contributed by atoms with van der Waals surface area (Å²) in [6, 6.07) is 14.4. The molecule has 5 nitrogen and oxygen atoms in total. The van der Waals surface area contributed by atoms with E-state index in [-0.39, 0.29) is 6.42 Å². The quantitative estimate of drug-likeness (QED) is 0.508. The van der Waals surface area contributed by atoms with Gasteiger partial charge in [0, 0.05) is 12.0 Å². The van der Waals surface area contributed by atoms with E-state index in [4.69, 9.17) is 9.26 Å². The maximum atomic E-state index is 12.0. The van der Waals surface area contributed by atoms with Crippen molar-refractivity contribution in [2.75, 3.05) is 0 Å². The van der Waals surface area contributed by atoms with Crippen molar-refractivity contribution >= 4 is 16.7 Å². The first-order chi connectivity index (χ1) is 12.3. The minimum atomic E-state index is -0.559. The summed E-state index contributed by atoms with van der Waals surface area (Å²) in [5.41, 5.74) is 0.832. The summed E-state index contributed by atoms with van der Waals surface area (Å²) in [6.45, 7) is 9.20. The van der Waals surface area contributed by atoms with E-state index in [0.717, 1.165) is 5.56 Å². The van der Waals surface area contributed by atoms with Crippen molar-refractivity contribution in [3.8, 4) is 0 Å². The number of aromatic nitrogens is 2. The van der Waals surface area contributed by atoms with Crippen molar-refractivity contribution in [3.05, 3.63) is 71.9 Å². The van der Waals surface area contributed by atoms with Crippen LogP contribution in [0, 0.1) is 0 Å². The Labute approximate surface area is 152 Å². The molecule has 0 aliphatic carbocycles. The van der Waals surface area contributed by atoms with Crippen LogP contribution in [-0.4, -0.2) is 21.7 Å². The molecule has 0 radical (unpaired) electrons. The zero-order valence-electron chi connectivity index (χ0n) is 15.3. The van der Waals surface area contributed by atoms with E-state index in [0.29, 0.717) is 23.7 Å². The third-order valence-electron chi connectivity index (χ3n) is 3.74. The van der Waals surface area contributed by atoms with Gasteiger partial charge in [-0.15, -0.1) is 0 Å². The summed E-state index contributed by atoms with van der Waals surface area (Å²) < 4.78 is 10.5. The molecule has 0 aliphatic heterocycles. The van der Waals surface area contributed by atoms with E-state index < -0.39 is 11.6 Å². The number of rotatable bonds is 5. The first-order valence-corrected chi connectivity index (χ1v) is 8.50. The normalized spacial score (nSPS) is 11.5. The van der Waals surface area contributed by atoms with Gasteiger partial charge < -0.3 is 9.26 Å². The molecule has 2 aromatic carbocycles. The van der Waals surface area contributed by atoms with Crippen molar-refractivity contribution < 1.29 is 14.1 Å². The molecule has 134 valence electrons. The molecule has 0 saturated heterocycles. The molecule has 1 heterocycles. The lowest BCUT2D eigenvalue weighted by atomic mass is 10.1. The van der Waals surface area contributed by atoms with E-state index in [2.05, 4.69) is 47.1 Å². The van der Waals surface area contributed by atoms with Gasteiger partial charge >= 0.3 is 5.97 Å². The van der Waals surface area contributed by atoms with Gasteiger partial charge in [0.05, 0.1) is 6.42 Å². The summed E-state index contributed by atoms with van der Waals surface area (Å²) in [6.07, 6.45) is 0.743. The van der Waals surface area contributed by atoms with Crippen LogP contribution in [0.15, 0.2) is 59.1 Å². The second-order valence-electron chi connectivity index (χ2n) is 7.24. The predicted molar refractivity (Wildman–Crippen MR) is 99.7 cm³/mol. The largest absolute Gasteiger partial charge is 0.457 e. The maximum Gasteiger partial charge on any atom is 0.334 e. The molecule has 26 heavy (non-hydrogen) atoms. The van der Waals surface area contributed by atoms with E-state index >= 15 is 0 Å². The molecule has 1 aromatic heterocycles. The molecule has 3 rings (SSSR count). The van der Waals surface area contributed by atoms with Crippen LogP contribution in [-0.2, 0) is 22.4 Å². The summed E-state index contributed by atoms with van der Waals surface area (Å²) in [4.78, 5) is 16.3. The van der Waals surface area contributed by atoms with Gasteiger partial charge in [-0.05, 0) is 37.1 Å². The minimum Gasteiger partial charge on any atom is -0.457 e. The zero-order valence-corrected chi connectivity index (χ0v) is 15.3. The van der Waals surface area contributed by atoms with E-state index in [1.165, 1.54) is 10.8 Å². The Kier molecular flexibility index (Phi) is 4.89. The highest BCUT2D eigenvalue weighted by Gasteiger charge is 2.20. The topological polar surface area (TPSA) is 65.2 Å². The highest BCUT2D eigenvalue weighted by Crippen LogP contribution is 2.18. The Hall–Kier alpha value is -2.95. The average Bonchev–Trinajstić information content (AvgIpc) is 3.00. The van der Waals surface area contributed by atoms with Gasteiger partial charge in [-0.3, -0.25) is 0 Å². The molecule has 0 aliphatic rings. The fraction of sp³-hybridized carbons (Fsp3) is 0.286. The Morgan fingerprint density at radius 1 is 1.15 bits per heavy atom. The highest BCUT2D eigenvalue weighted by atomic mass is 16.6. The standard InChI is InChI=1S/C21H22N2O3/c1-14(20(24)25-21(2,3)4)11-19-22-18(23-26-19)13-15-9-10-16-7-5-6-8-17(16)12-15/h5-10,12H,1,11,13H2,2-4H3. The van der Waals surface area contributed by atoms with Crippen LogP contribution in [0.5, 0.6) is 0 Å². The summed E-state index contributed by atoms with van der Waals surface area (Å²) >= 11 is 0. The molecular formula is C21H22N2O3. The molecule has 0 fully saturated rings. The van der Waals surface area contributed by atoms with Gasteiger partial charge in [0.2, 0.25) is 5.89 Å². The van der Waals surface area contributed by atoms with Crippen molar-refractivity contribution in [2.45, 2.75) is 39.2 Å². The van der Waals surface area contributed by atoms with Crippen LogP contribution >= 0.6 is 0 Å². The number of carbonyl (C=O) groups excluding carboxylic acids is 1. The molecule has 0 bridgehead atoms. The lowest BCUT2D eigenvalue weighted by Gasteiger charge is -2.19. The fourth-order valence-electron chi connectivity index (χ4n) is 2.57. The third kappa shape index (κ3) is 4.57. The monoisotopic (exact) mass is 350 g/mol. The van der Waals surface area contributed by atoms with Crippen LogP contribution in [0.4, 0.5) is 0 Å². The number of hydrogen-bond donors (Lipinski definition) is 0. The van der Waals surface area contributed by atoms with Gasteiger partial charge in [0.25, 0.3) is 0 Å². The molecule has 0 amide bonds. The Bertz CT molecular complexity index is 951. The van der Waals surface area contributed by atoms with Gasteiger partial charge in [0.1, 0.15) is 5.60 Å². The van der Waals surface area contributed by atoms with Crippen molar-refractivity contribution in [1.29, 1.82) is 0 Å². The lowest BCUT2D eigenvalue weighted by molar-refractivity contribution is -0.150. The van der Waals surface area contributed by atoms with Gasteiger partial charge in [-0.25, -0.2) is 4.79 Å². The average molecular weight is 350 g/mol. The number of ether oxygens (including phenoxy) is 1. The first kappa shape index (κ1) is 17.9. The molecule has 0 unspecified atom stereocenters. The fourth-order valence-corrected chi connectivity index (χ4v) is 2.57. The molecule has 0 spiro atoms. The predicted octanol–water partition coefficient (Wildman–Crippen LogP) is 4.25. The Morgan fingerprint density at radius 2 is 1.88 bits per heavy atom. The lowest BCUT2D eigenvalue weighted by Crippen LogP contribution is -2.25. The summed E-state index contributed by atoms with van der Waals surface area (Å²) in [5.74, 6) is 0.482. The van der Waals surface area contributed by atoms with Crippen molar-refractivity contribution in [2.24, 2.45) is 0 Å². The van der Waals surface area contributed by atoms with Crippen molar-refractivity contribution in [1.82, 2.24) is 10.1 Å². The molecular weight excluding hydrogens is 328 g/mol. The van der Waals surface area contributed by atoms with Crippen LogP contribution in [0.3, 0.4) is 0 Å². The summed E-state index contributed by atoms with van der Waals surface area (Å²) in [5, 5.41) is 6.37. The second kappa shape index (κ2) is 7.12.